The van der Waals surface area contributed by atoms with E-state index in [4.69, 9.17) is 11.6 Å². The van der Waals surface area contributed by atoms with Crippen molar-refractivity contribution in [3.05, 3.63) is 69.7 Å². The van der Waals surface area contributed by atoms with E-state index in [0.717, 1.165) is 24.2 Å². The van der Waals surface area contributed by atoms with Crippen molar-refractivity contribution >= 4 is 33.9 Å². The summed E-state index contributed by atoms with van der Waals surface area (Å²) >= 11 is 5.99. The minimum atomic E-state index is -0.00856. The molecule has 0 fully saturated rings. The Labute approximate surface area is 143 Å². The predicted octanol–water partition coefficient (Wildman–Crippen LogP) is 3.66. The number of hydrogen-bond acceptors (Lipinski definition) is 4. The molecule has 0 saturated carbocycles. The standard InChI is InChI=1S/C18H15ClN4O/c19-12-5-3-6-13(11-12)21-22-16-9-4-10-23-17(16)20-15-8-2-1-7-14(15)18(23)24/h1-3,5-8,11,21H,4,9-10H2/b22-16-. The van der Waals surface area contributed by atoms with Crippen molar-refractivity contribution < 1.29 is 0 Å². The van der Waals surface area contributed by atoms with Crippen LogP contribution in [0.4, 0.5) is 5.69 Å². The molecule has 2 aromatic carbocycles. The summed E-state index contributed by atoms with van der Waals surface area (Å²) in [5.74, 6) is 0.638. The molecule has 1 aromatic heterocycles. The molecule has 4 rings (SSSR count). The maximum Gasteiger partial charge on any atom is 0.261 e. The topological polar surface area (TPSA) is 59.3 Å². The van der Waals surface area contributed by atoms with Crippen LogP contribution in [0.5, 0.6) is 0 Å². The number of halogens is 1. The monoisotopic (exact) mass is 338 g/mol. The average Bonchev–Trinajstić information content (AvgIpc) is 2.60. The van der Waals surface area contributed by atoms with E-state index >= 15 is 0 Å². The zero-order valence-electron chi connectivity index (χ0n) is 12.9. The third kappa shape index (κ3) is 2.67. The van der Waals surface area contributed by atoms with Gasteiger partial charge in [0.05, 0.1) is 16.6 Å². The Morgan fingerprint density at radius 2 is 2.04 bits per heavy atom. The lowest BCUT2D eigenvalue weighted by Gasteiger charge is -2.19. The Morgan fingerprint density at radius 3 is 2.92 bits per heavy atom. The van der Waals surface area contributed by atoms with Gasteiger partial charge in [0.2, 0.25) is 0 Å². The fourth-order valence-corrected chi connectivity index (χ4v) is 3.10. The number of para-hydroxylation sites is 1. The van der Waals surface area contributed by atoms with E-state index in [1.807, 2.05) is 42.5 Å². The van der Waals surface area contributed by atoms with Gasteiger partial charge in [0.25, 0.3) is 5.56 Å². The van der Waals surface area contributed by atoms with Crippen LogP contribution in [0.1, 0.15) is 18.7 Å². The Balaban J connectivity index is 1.78. The summed E-state index contributed by atoms with van der Waals surface area (Å²) in [6.45, 7) is 0.669. The highest BCUT2D eigenvalue weighted by Gasteiger charge is 2.20. The number of benzene rings is 2. The molecule has 0 amide bonds. The van der Waals surface area contributed by atoms with Crippen LogP contribution >= 0.6 is 11.6 Å². The number of fused-ring (bicyclic) bond motifs is 2. The number of aromatic nitrogens is 2. The van der Waals surface area contributed by atoms with Crippen LogP contribution in [0.25, 0.3) is 10.9 Å². The lowest BCUT2D eigenvalue weighted by atomic mass is 10.1. The third-order valence-electron chi connectivity index (χ3n) is 4.06. The molecule has 120 valence electrons. The van der Waals surface area contributed by atoms with Crippen LogP contribution in [0, 0.1) is 0 Å². The molecule has 0 saturated heterocycles. The summed E-state index contributed by atoms with van der Waals surface area (Å²) in [6.07, 6.45) is 1.64. The lowest BCUT2D eigenvalue weighted by molar-refractivity contribution is 0.597. The van der Waals surface area contributed by atoms with Crippen molar-refractivity contribution in [2.45, 2.75) is 19.4 Å². The van der Waals surface area contributed by atoms with Gasteiger partial charge in [-0.1, -0.05) is 29.8 Å². The van der Waals surface area contributed by atoms with Gasteiger partial charge in [-0.25, -0.2) is 4.98 Å². The molecular formula is C18H15ClN4O. The fraction of sp³-hybridized carbons (Fsp3) is 0.167. The smallest absolute Gasteiger partial charge is 0.261 e. The molecule has 0 radical (unpaired) electrons. The average molecular weight is 339 g/mol. The number of hydrogen-bond donors (Lipinski definition) is 1. The van der Waals surface area contributed by atoms with Crippen molar-refractivity contribution in [1.29, 1.82) is 0 Å². The molecule has 6 heteroatoms. The Kier molecular flexibility index (Phi) is 3.78. The molecule has 0 spiro atoms. The molecule has 0 aliphatic carbocycles. The van der Waals surface area contributed by atoms with Gasteiger partial charge in [0.1, 0.15) is 5.71 Å². The summed E-state index contributed by atoms with van der Waals surface area (Å²) in [5.41, 5.74) is 5.29. The van der Waals surface area contributed by atoms with E-state index in [9.17, 15) is 4.79 Å². The molecule has 0 bridgehead atoms. The largest absolute Gasteiger partial charge is 0.291 e. The highest BCUT2D eigenvalue weighted by molar-refractivity contribution is 6.30. The summed E-state index contributed by atoms with van der Waals surface area (Å²) in [4.78, 5) is 17.3. The SMILES string of the molecule is O=c1c2ccccc2nc2n1CCC/C2=N/Nc1cccc(Cl)c1. The molecule has 1 aliphatic heterocycles. The number of nitrogens with zero attached hydrogens (tertiary/aromatic N) is 3. The predicted molar refractivity (Wildman–Crippen MR) is 96.8 cm³/mol. The zero-order valence-corrected chi connectivity index (χ0v) is 13.6. The molecule has 1 N–H and O–H groups in total. The first-order valence-electron chi connectivity index (χ1n) is 7.80. The minimum absolute atomic E-state index is 0.00856. The molecule has 24 heavy (non-hydrogen) atoms. The van der Waals surface area contributed by atoms with E-state index in [2.05, 4.69) is 15.5 Å². The first-order chi connectivity index (χ1) is 11.7. The molecule has 0 unspecified atom stereocenters. The molecule has 3 aromatic rings. The summed E-state index contributed by atoms with van der Waals surface area (Å²) < 4.78 is 1.71. The quantitative estimate of drug-likeness (QED) is 0.725. The maximum absolute atomic E-state index is 12.7. The normalized spacial score (nSPS) is 15.5. The van der Waals surface area contributed by atoms with Crippen LogP contribution in [-0.4, -0.2) is 15.3 Å². The van der Waals surface area contributed by atoms with Crippen LogP contribution in [0.3, 0.4) is 0 Å². The van der Waals surface area contributed by atoms with Crippen LogP contribution in [0.15, 0.2) is 58.4 Å². The van der Waals surface area contributed by atoms with Crippen LogP contribution < -0.4 is 11.0 Å². The second-order valence-electron chi connectivity index (χ2n) is 5.69. The Bertz CT molecular complexity index is 1010. The highest BCUT2D eigenvalue weighted by atomic mass is 35.5. The maximum atomic E-state index is 12.7. The highest BCUT2D eigenvalue weighted by Crippen LogP contribution is 2.18. The first kappa shape index (κ1) is 14.9. The molecule has 5 nitrogen and oxygen atoms in total. The van der Waals surface area contributed by atoms with E-state index < -0.39 is 0 Å². The van der Waals surface area contributed by atoms with Gasteiger partial charge in [-0.15, -0.1) is 0 Å². The number of nitrogens with one attached hydrogen (secondary N) is 1. The summed E-state index contributed by atoms with van der Waals surface area (Å²) in [6, 6.07) is 14.8. The van der Waals surface area contributed by atoms with E-state index in [1.54, 1.807) is 10.6 Å². The molecule has 1 aliphatic rings. The van der Waals surface area contributed by atoms with Crippen molar-refractivity contribution in [3.63, 3.8) is 0 Å². The number of hydrazone groups is 1. The Morgan fingerprint density at radius 1 is 1.17 bits per heavy atom. The number of anilines is 1. The van der Waals surface area contributed by atoms with Gasteiger partial charge in [0, 0.05) is 11.6 Å². The van der Waals surface area contributed by atoms with Crippen molar-refractivity contribution in [3.8, 4) is 0 Å². The van der Waals surface area contributed by atoms with Gasteiger partial charge < -0.3 is 0 Å². The van der Waals surface area contributed by atoms with Gasteiger partial charge in [-0.05, 0) is 43.2 Å². The molecule has 2 heterocycles. The second kappa shape index (κ2) is 6.09. The minimum Gasteiger partial charge on any atom is -0.291 e. The first-order valence-corrected chi connectivity index (χ1v) is 8.18. The van der Waals surface area contributed by atoms with E-state index in [0.29, 0.717) is 28.3 Å². The Hall–Kier alpha value is -2.66. The fourth-order valence-electron chi connectivity index (χ4n) is 2.91. The van der Waals surface area contributed by atoms with Crippen molar-refractivity contribution in [2.75, 3.05) is 5.43 Å². The van der Waals surface area contributed by atoms with E-state index in [1.165, 1.54) is 0 Å². The summed E-state index contributed by atoms with van der Waals surface area (Å²) in [5, 5.41) is 5.76. The van der Waals surface area contributed by atoms with Crippen molar-refractivity contribution in [2.24, 2.45) is 5.10 Å². The van der Waals surface area contributed by atoms with Gasteiger partial charge in [-0.2, -0.15) is 5.10 Å². The van der Waals surface area contributed by atoms with Gasteiger partial charge in [-0.3, -0.25) is 14.8 Å². The van der Waals surface area contributed by atoms with Crippen molar-refractivity contribution in [1.82, 2.24) is 9.55 Å². The second-order valence-corrected chi connectivity index (χ2v) is 6.13. The zero-order chi connectivity index (χ0) is 16.5. The molecular weight excluding hydrogens is 324 g/mol. The van der Waals surface area contributed by atoms with Gasteiger partial charge >= 0.3 is 0 Å². The summed E-state index contributed by atoms with van der Waals surface area (Å²) in [7, 11) is 0. The third-order valence-corrected chi connectivity index (χ3v) is 4.29. The van der Waals surface area contributed by atoms with E-state index in [-0.39, 0.29) is 5.56 Å². The van der Waals surface area contributed by atoms with Gasteiger partial charge in [0.15, 0.2) is 5.82 Å². The number of rotatable bonds is 2. The van der Waals surface area contributed by atoms with Crippen LogP contribution in [0.2, 0.25) is 5.02 Å². The van der Waals surface area contributed by atoms with Crippen LogP contribution in [-0.2, 0) is 6.54 Å². The molecule has 0 atom stereocenters. The lowest BCUT2D eigenvalue weighted by Crippen LogP contribution is -2.32.